The Hall–Kier alpha value is -2.40. The maximum Gasteiger partial charge on any atom is 0.255 e. The van der Waals surface area contributed by atoms with Gasteiger partial charge >= 0.3 is 0 Å². The molecule has 2 aromatic rings. The first-order valence-electron chi connectivity index (χ1n) is 8.35. The average Bonchev–Trinajstić information content (AvgIpc) is 2.63. The Morgan fingerprint density at radius 1 is 1.17 bits per heavy atom. The molecule has 3 rings (SSSR count). The number of amides is 1. The third kappa shape index (κ3) is 3.92. The van der Waals surface area contributed by atoms with Gasteiger partial charge in [0, 0.05) is 45.0 Å². The number of likely N-dealkylation sites (tertiary alicyclic amines) is 1. The zero-order valence-electron chi connectivity index (χ0n) is 13.9. The van der Waals surface area contributed by atoms with Crippen LogP contribution in [0.2, 0.25) is 0 Å². The van der Waals surface area contributed by atoms with Crippen molar-refractivity contribution in [1.29, 1.82) is 0 Å². The highest BCUT2D eigenvalue weighted by Crippen LogP contribution is 2.19. The zero-order valence-corrected chi connectivity index (χ0v) is 13.9. The molecule has 0 saturated carbocycles. The highest BCUT2D eigenvalue weighted by molar-refractivity contribution is 5.93. The monoisotopic (exact) mass is 325 g/mol. The van der Waals surface area contributed by atoms with E-state index >= 15 is 0 Å². The Labute approximate surface area is 141 Å². The van der Waals surface area contributed by atoms with Crippen LogP contribution in [0.25, 0.3) is 0 Å². The van der Waals surface area contributed by atoms with Gasteiger partial charge in [-0.05, 0) is 24.5 Å². The largest absolute Gasteiger partial charge is 0.339 e. The van der Waals surface area contributed by atoms with Gasteiger partial charge in [0.15, 0.2) is 0 Å². The number of piperidine rings is 1. The van der Waals surface area contributed by atoms with Crippen molar-refractivity contribution < 1.29 is 4.79 Å². The summed E-state index contributed by atoms with van der Waals surface area (Å²) in [5, 5.41) is 0. The Bertz CT molecular complexity index is 713. The summed E-state index contributed by atoms with van der Waals surface area (Å²) in [5.74, 6) is -0.0345. The SMILES string of the molecule is CN(C(=O)c1ccc(=O)[nH]c1)C1CCN(Cc2ccccc2)CC1. The van der Waals surface area contributed by atoms with E-state index in [1.165, 1.54) is 17.8 Å². The predicted molar refractivity (Wildman–Crippen MR) is 93.9 cm³/mol. The van der Waals surface area contributed by atoms with Crippen LogP contribution >= 0.6 is 0 Å². The minimum absolute atomic E-state index is 0.0345. The predicted octanol–water partition coefficient (Wildman–Crippen LogP) is 2.11. The van der Waals surface area contributed by atoms with E-state index in [2.05, 4.69) is 34.1 Å². The number of rotatable bonds is 4. The lowest BCUT2D eigenvalue weighted by Gasteiger charge is -2.36. The molecule has 0 atom stereocenters. The number of hydrogen-bond acceptors (Lipinski definition) is 3. The number of aromatic nitrogens is 1. The van der Waals surface area contributed by atoms with Crippen molar-refractivity contribution in [3.63, 3.8) is 0 Å². The number of carbonyl (C=O) groups is 1. The topological polar surface area (TPSA) is 56.4 Å². The van der Waals surface area contributed by atoms with Crippen LogP contribution in [0.4, 0.5) is 0 Å². The summed E-state index contributed by atoms with van der Waals surface area (Å²) in [6.45, 7) is 2.94. The first-order valence-corrected chi connectivity index (χ1v) is 8.35. The normalized spacial score (nSPS) is 16.0. The van der Waals surface area contributed by atoms with Gasteiger partial charge in [-0.3, -0.25) is 14.5 Å². The fraction of sp³-hybridized carbons (Fsp3) is 0.368. The van der Waals surface area contributed by atoms with E-state index in [9.17, 15) is 9.59 Å². The average molecular weight is 325 g/mol. The minimum Gasteiger partial charge on any atom is -0.339 e. The third-order valence-corrected chi connectivity index (χ3v) is 4.71. The molecule has 0 unspecified atom stereocenters. The van der Waals surface area contributed by atoms with E-state index < -0.39 is 0 Å². The van der Waals surface area contributed by atoms with Crippen molar-refractivity contribution in [2.24, 2.45) is 0 Å². The molecule has 1 fully saturated rings. The summed E-state index contributed by atoms with van der Waals surface area (Å²) in [7, 11) is 1.85. The summed E-state index contributed by atoms with van der Waals surface area (Å²) in [6, 6.07) is 13.7. The van der Waals surface area contributed by atoms with Gasteiger partial charge in [-0.15, -0.1) is 0 Å². The van der Waals surface area contributed by atoms with Gasteiger partial charge in [0.05, 0.1) is 5.56 Å². The van der Waals surface area contributed by atoms with Gasteiger partial charge in [0.2, 0.25) is 5.56 Å². The second kappa shape index (κ2) is 7.45. The third-order valence-electron chi connectivity index (χ3n) is 4.71. The molecular weight excluding hydrogens is 302 g/mol. The molecule has 5 heteroatoms. The summed E-state index contributed by atoms with van der Waals surface area (Å²) in [4.78, 5) is 30.4. The highest BCUT2D eigenvalue weighted by Gasteiger charge is 2.26. The number of hydrogen-bond donors (Lipinski definition) is 1. The van der Waals surface area contributed by atoms with Gasteiger partial charge < -0.3 is 9.88 Å². The maximum absolute atomic E-state index is 12.5. The molecule has 1 aromatic heterocycles. The standard InChI is InChI=1S/C19H23N3O2/c1-21(19(24)16-7-8-18(23)20-13-16)17-9-11-22(12-10-17)14-15-5-3-2-4-6-15/h2-8,13,17H,9-12,14H2,1H3,(H,20,23). The lowest BCUT2D eigenvalue weighted by molar-refractivity contribution is 0.0636. The van der Waals surface area contributed by atoms with Crippen molar-refractivity contribution in [2.75, 3.05) is 20.1 Å². The number of benzene rings is 1. The van der Waals surface area contributed by atoms with Crippen LogP contribution in [0.5, 0.6) is 0 Å². The molecule has 1 aliphatic rings. The number of nitrogens with zero attached hydrogens (tertiary/aromatic N) is 2. The summed E-state index contributed by atoms with van der Waals surface area (Å²) >= 11 is 0. The molecule has 0 aliphatic carbocycles. The second-order valence-corrected chi connectivity index (χ2v) is 6.35. The molecule has 1 amide bonds. The smallest absolute Gasteiger partial charge is 0.255 e. The molecule has 0 spiro atoms. The van der Waals surface area contributed by atoms with Crippen molar-refractivity contribution in [3.8, 4) is 0 Å². The fourth-order valence-electron chi connectivity index (χ4n) is 3.22. The molecule has 0 bridgehead atoms. The van der Waals surface area contributed by atoms with Gasteiger partial charge in [-0.2, -0.15) is 0 Å². The molecule has 0 radical (unpaired) electrons. The Morgan fingerprint density at radius 3 is 2.50 bits per heavy atom. The van der Waals surface area contributed by atoms with Crippen LogP contribution in [0, 0.1) is 0 Å². The van der Waals surface area contributed by atoms with Crippen molar-refractivity contribution in [1.82, 2.24) is 14.8 Å². The van der Waals surface area contributed by atoms with Crippen molar-refractivity contribution in [2.45, 2.75) is 25.4 Å². The van der Waals surface area contributed by atoms with E-state index in [0.717, 1.165) is 32.5 Å². The van der Waals surface area contributed by atoms with E-state index in [0.29, 0.717) is 5.56 Å². The molecule has 5 nitrogen and oxygen atoms in total. The number of nitrogens with one attached hydrogen (secondary N) is 1. The molecule has 1 N–H and O–H groups in total. The number of pyridine rings is 1. The first-order chi connectivity index (χ1) is 11.6. The van der Waals surface area contributed by atoms with Crippen LogP contribution in [0.1, 0.15) is 28.8 Å². The first kappa shape index (κ1) is 16.5. The summed E-state index contributed by atoms with van der Waals surface area (Å²) < 4.78 is 0. The zero-order chi connectivity index (χ0) is 16.9. The molecular formula is C19H23N3O2. The summed E-state index contributed by atoms with van der Waals surface area (Å²) in [5.41, 5.74) is 1.67. The van der Waals surface area contributed by atoms with Gasteiger partial charge in [0.25, 0.3) is 5.91 Å². The van der Waals surface area contributed by atoms with Gasteiger partial charge in [0.1, 0.15) is 0 Å². The summed E-state index contributed by atoms with van der Waals surface area (Å²) in [6.07, 6.45) is 3.43. The van der Waals surface area contributed by atoms with Crippen LogP contribution in [-0.2, 0) is 6.54 Å². The fourth-order valence-corrected chi connectivity index (χ4v) is 3.22. The molecule has 126 valence electrons. The van der Waals surface area contributed by atoms with E-state index in [1.54, 1.807) is 6.07 Å². The van der Waals surface area contributed by atoms with Crippen molar-refractivity contribution >= 4 is 5.91 Å². The molecule has 1 aliphatic heterocycles. The Morgan fingerprint density at radius 2 is 1.88 bits per heavy atom. The van der Waals surface area contributed by atoms with E-state index in [-0.39, 0.29) is 17.5 Å². The quantitative estimate of drug-likeness (QED) is 0.937. The molecule has 1 saturated heterocycles. The number of H-pyrrole nitrogens is 1. The molecule has 2 heterocycles. The van der Waals surface area contributed by atoms with E-state index in [1.807, 2.05) is 18.0 Å². The number of aromatic amines is 1. The van der Waals surface area contributed by atoms with Gasteiger partial charge in [-0.25, -0.2) is 0 Å². The van der Waals surface area contributed by atoms with Gasteiger partial charge in [-0.1, -0.05) is 30.3 Å². The highest BCUT2D eigenvalue weighted by atomic mass is 16.2. The van der Waals surface area contributed by atoms with Crippen molar-refractivity contribution in [3.05, 3.63) is 70.1 Å². The Balaban J connectivity index is 1.55. The van der Waals surface area contributed by atoms with Crippen LogP contribution < -0.4 is 5.56 Å². The molecule has 24 heavy (non-hydrogen) atoms. The van der Waals surface area contributed by atoms with Crippen LogP contribution in [0.3, 0.4) is 0 Å². The van der Waals surface area contributed by atoms with Crippen LogP contribution in [-0.4, -0.2) is 46.9 Å². The van der Waals surface area contributed by atoms with Crippen LogP contribution in [0.15, 0.2) is 53.5 Å². The lowest BCUT2D eigenvalue weighted by atomic mass is 10.0. The minimum atomic E-state index is -0.191. The van der Waals surface area contributed by atoms with E-state index in [4.69, 9.17) is 0 Å². The second-order valence-electron chi connectivity index (χ2n) is 6.35. The molecule has 1 aromatic carbocycles. The lowest BCUT2D eigenvalue weighted by Crippen LogP contribution is -2.45. The number of carbonyl (C=O) groups excluding carboxylic acids is 1. The Kier molecular flexibility index (Phi) is 5.11. The maximum atomic E-state index is 12.5.